The van der Waals surface area contributed by atoms with Crippen LogP contribution in [0.3, 0.4) is 0 Å². The second-order valence-electron chi connectivity index (χ2n) is 3.74. The Balaban J connectivity index is 2.29. The molecule has 0 saturated carbocycles. The molecule has 0 unspecified atom stereocenters. The topological polar surface area (TPSA) is 20.3 Å². The molecule has 1 aromatic rings. The van der Waals surface area contributed by atoms with Crippen molar-refractivity contribution in [2.75, 3.05) is 13.1 Å². The molecule has 0 radical (unpaired) electrons. The number of halogens is 5. The van der Waals surface area contributed by atoms with E-state index in [1.54, 1.807) is 0 Å². The van der Waals surface area contributed by atoms with E-state index in [4.69, 9.17) is 0 Å². The highest BCUT2D eigenvalue weighted by Gasteiger charge is 2.47. The van der Waals surface area contributed by atoms with Crippen molar-refractivity contribution in [1.29, 1.82) is 0 Å². The van der Waals surface area contributed by atoms with Crippen molar-refractivity contribution >= 4 is 21.8 Å². The molecule has 92 valence electrons. The molecular formula is C10H6BrF4NO. The highest BCUT2D eigenvalue weighted by molar-refractivity contribution is 9.10. The highest BCUT2D eigenvalue weighted by atomic mass is 79.9. The summed E-state index contributed by atoms with van der Waals surface area (Å²) in [7, 11) is 0. The predicted octanol–water partition coefficient (Wildman–Crippen LogP) is 2.82. The smallest absolute Gasteiger partial charge is 0.282 e. The minimum absolute atomic E-state index is 0.349. The van der Waals surface area contributed by atoms with Gasteiger partial charge < -0.3 is 4.90 Å². The molecule has 2 nitrogen and oxygen atoms in total. The Morgan fingerprint density at radius 1 is 1.24 bits per heavy atom. The van der Waals surface area contributed by atoms with E-state index in [9.17, 15) is 22.4 Å². The Kier molecular flexibility index (Phi) is 2.89. The Morgan fingerprint density at radius 2 is 1.76 bits per heavy atom. The van der Waals surface area contributed by atoms with Crippen LogP contribution in [0.1, 0.15) is 10.4 Å². The molecule has 1 heterocycles. The molecule has 17 heavy (non-hydrogen) atoms. The first-order valence-corrected chi connectivity index (χ1v) is 5.42. The molecule has 0 aliphatic carbocycles. The number of nitrogens with zero attached hydrogens (tertiary/aromatic N) is 1. The maximum Gasteiger partial charge on any atom is 0.282 e. The van der Waals surface area contributed by atoms with E-state index < -0.39 is 42.1 Å². The van der Waals surface area contributed by atoms with Crippen LogP contribution >= 0.6 is 15.9 Å². The number of alkyl halides is 2. The number of hydrogen-bond donors (Lipinski definition) is 0. The number of hydrogen-bond acceptors (Lipinski definition) is 1. The van der Waals surface area contributed by atoms with Crippen molar-refractivity contribution in [1.82, 2.24) is 4.90 Å². The van der Waals surface area contributed by atoms with Gasteiger partial charge in [-0.2, -0.15) is 0 Å². The summed E-state index contributed by atoms with van der Waals surface area (Å²) in [5.74, 6) is -5.65. The average molecular weight is 312 g/mol. The Labute approximate surface area is 102 Å². The van der Waals surface area contributed by atoms with E-state index in [1.165, 1.54) is 0 Å². The van der Waals surface area contributed by atoms with E-state index in [2.05, 4.69) is 15.9 Å². The third-order valence-corrected chi connectivity index (χ3v) is 3.16. The molecular weight excluding hydrogens is 306 g/mol. The van der Waals surface area contributed by atoms with Crippen LogP contribution in [0.2, 0.25) is 0 Å². The highest BCUT2D eigenvalue weighted by Crippen LogP contribution is 2.31. The van der Waals surface area contributed by atoms with Crippen LogP contribution in [0.15, 0.2) is 16.6 Å². The van der Waals surface area contributed by atoms with Gasteiger partial charge in [0.1, 0.15) is 11.6 Å². The van der Waals surface area contributed by atoms with Crippen LogP contribution in [-0.4, -0.2) is 29.8 Å². The molecule has 2 rings (SSSR count). The van der Waals surface area contributed by atoms with Crippen molar-refractivity contribution in [3.05, 3.63) is 33.8 Å². The summed E-state index contributed by atoms with van der Waals surface area (Å²) in [6, 6.07) is 1.63. The zero-order valence-electron chi connectivity index (χ0n) is 8.31. The maximum absolute atomic E-state index is 13.4. The summed E-state index contributed by atoms with van der Waals surface area (Å²) >= 11 is 2.73. The lowest BCUT2D eigenvalue weighted by Crippen LogP contribution is -2.58. The molecule has 0 atom stereocenters. The number of carbonyl (C=O) groups is 1. The van der Waals surface area contributed by atoms with Crippen LogP contribution in [0.25, 0.3) is 0 Å². The van der Waals surface area contributed by atoms with Gasteiger partial charge in [0.2, 0.25) is 0 Å². The standard InChI is InChI=1S/C10H6BrF4NO/c11-8-6(13)2-1-5(12)7(8)9(17)16-3-10(14,15)4-16/h1-2H,3-4H2. The van der Waals surface area contributed by atoms with Crippen molar-refractivity contribution in [3.8, 4) is 0 Å². The molecule has 1 aliphatic heterocycles. The molecule has 1 amide bonds. The predicted molar refractivity (Wildman–Crippen MR) is 54.9 cm³/mol. The number of likely N-dealkylation sites (tertiary alicyclic amines) is 1. The third kappa shape index (κ3) is 2.15. The summed E-state index contributed by atoms with van der Waals surface area (Å²) in [6.45, 7) is -1.54. The fourth-order valence-electron chi connectivity index (χ4n) is 1.54. The van der Waals surface area contributed by atoms with Gasteiger partial charge in [-0.05, 0) is 28.1 Å². The van der Waals surface area contributed by atoms with Gasteiger partial charge in [-0.3, -0.25) is 4.79 Å². The second kappa shape index (κ2) is 3.97. The lowest BCUT2D eigenvalue weighted by Gasteiger charge is -2.38. The first-order valence-electron chi connectivity index (χ1n) is 4.62. The lowest BCUT2D eigenvalue weighted by molar-refractivity contribution is -0.113. The van der Waals surface area contributed by atoms with Gasteiger partial charge in [0.25, 0.3) is 11.8 Å². The van der Waals surface area contributed by atoms with Crippen LogP contribution < -0.4 is 0 Å². The quantitative estimate of drug-likeness (QED) is 0.577. The first kappa shape index (κ1) is 12.3. The fourth-order valence-corrected chi connectivity index (χ4v) is 2.03. The van der Waals surface area contributed by atoms with Gasteiger partial charge >= 0.3 is 0 Å². The molecule has 7 heteroatoms. The van der Waals surface area contributed by atoms with E-state index in [0.29, 0.717) is 0 Å². The van der Waals surface area contributed by atoms with Gasteiger partial charge in [0.05, 0.1) is 23.1 Å². The minimum Gasteiger partial charge on any atom is -0.326 e. The van der Waals surface area contributed by atoms with Crippen LogP contribution in [0.5, 0.6) is 0 Å². The van der Waals surface area contributed by atoms with Crippen molar-refractivity contribution in [2.24, 2.45) is 0 Å². The summed E-state index contributed by atoms with van der Waals surface area (Å²) in [6.07, 6.45) is 0. The Bertz CT molecular complexity index is 483. The molecule has 1 fully saturated rings. The number of amides is 1. The van der Waals surface area contributed by atoms with E-state index in [-0.39, 0.29) is 4.47 Å². The van der Waals surface area contributed by atoms with Gasteiger partial charge in [-0.15, -0.1) is 0 Å². The van der Waals surface area contributed by atoms with Gasteiger partial charge in [0.15, 0.2) is 0 Å². The molecule has 0 bridgehead atoms. The molecule has 1 saturated heterocycles. The maximum atomic E-state index is 13.4. The van der Waals surface area contributed by atoms with Crippen molar-refractivity contribution in [3.63, 3.8) is 0 Å². The summed E-state index contributed by atoms with van der Waals surface area (Å²) in [5.41, 5.74) is -0.555. The molecule has 1 aromatic carbocycles. The largest absolute Gasteiger partial charge is 0.326 e. The Morgan fingerprint density at radius 3 is 2.29 bits per heavy atom. The monoisotopic (exact) mass is 311 g/mol. The minimum atomic E-state index is -2.94. The van der Waals surface area contributed by atoms with Gasteiger partial charge in [-0.1, -0.05) is 0 Å². The van der Waals surface area contributed by atoms with E-state index in [0.717, 1.165) is 17.0 Å². The van der Waals surface area contributed by atoms with Crippen molar-refractivity contribution < 1.29 is 22.4 Å². The van der Waals surface area contributed by atoms with E-state index >= 15 is 0 Å². The number of rotatable bonds is 1. The SMILES string of the molecule is O=C(c1c(F)ccc(F)c1Br)N1CC(F)(F)C1. The van der Waals surface area contributed by atoms with Gasteiger partial charge in [0, 0.05) is 0 Å². The van der Waals surface area contributed by atoms with Crippen LogP contribution in [0.4, 0.5) is 17.6 Å². The number of benzene rings is 1. The van der Waals surface area contributed by atoms with Gasteiger partial charge in [-0.25, -0.2) is 17.6 Å². The van der Waals surface area contributed by atoms with Crippen LogP contribution in [-0.2, 0) is 0 Å². The van der Waals surface area contributed by atoms with Crippen molar-refractivity contribution in [2.45, 2.75) is 5.92 Å². The number of carbonyl (C=O) groups excluding carboxylic acids is 1. The summed E-state index contributed by atoms with van der Waals surface area (Å²) < 4.78 is 51.3. The molecule has 1 aliphatic rings. The first-order chi connectivity index (χ1) is 7.82. The second-order valence-corrected chi connectivity index (χ2v) is 4.53. The fraction of sp³-hybridized carbons (Fsp3) is 0.300. The normalized spacial score (nSPS) is 17.8. The molecule has 0 N–H and O–H groups in total. The zero-order valence-corrected chi connectivity index (χ0v) is 9.90. The van der Waals surface area contributed by atoms with E-state index in [1.807, 2.05) is 0 Å². The third-order valence-electron chi connectivity index (χ3n) is 2.39. The van der Waals surface area contributed by atoms with Crippen LogP contribution in [0, 0.1) is 11.6 Å². The summed E-state index contributed by atoms with van der Waals surface area (Å²) in [5, 5.41) is 0. The summed E-state index contributed by atoms with van der Waals surface area (Å²) in [4.78, 5) is 12.4. The zero-order chi connectivity index (χ0) is 12.8. The molecule has 0 spiro atoms. The average Bonchev–Trinajstić information content (AvgIpc) is 2.20. The Hall–Kier alpha value is -1.11. The lowest BCUT2D eigenvalue weighted by atomic mass is 10.1. The molecule has 0 aromatic heterocycles.